The number of hydrogen-bond acceptors (Lipinski definition) is 5. The molecule has 4 rings (SSSR count). The first-order valence-corrected chi connectivity index (χ1v) is 10.7. The van der Waals surface area contributed by atoms with Crippen LogP contribution < -0.4 is 10.9 Å². The van der Waals surface area contributed by atoms with E-state index in [0.29, 0.717) is 28.0 Å². The molecule has 2 aromatic heterocycles. The number of piperidine rings is 1. The summed E-state index contributed by atoms with van der Waals surface area (Å²) in [5.41, 5.74) is 1.28. The summed E-state index contributed by atoms with van der Waals surface area (Å²) >= 11 is 0. The number of H-pyrrole nitrogens is 1. The summed E-state index contributed by atoms with van der Waals surface area (Å²) in [5.74, 6) is 0.147. The molecule has 3 heterocycles. The molecular weight excluding hydrogens is 382 g/mol. The number of rotatable bonds is 7. The van der Waals surface area contributed by atoms with Gasteiger partial charge >= 0.3 is 0 Å². The number of benzene rings is 1. The molecule has 1 aliphatic heterocycles. The van der Waals surface area contributed by atoms with E-state index in [9.17, 15) is 9.59 Å². The number of aromatic nitrogens is 3. The summed E-state index contributed by atoms with van der Waals surface area (Å²) in [5, 5.41) is 8.06. The van der Waals surface area contributed by atoms with Crippen LogP contribution in [0.1, 0.15) is 37.0 Å². The molecule has 8 heteroatoms. The zero-order valence-corrected chi connectivity index (χ0v) is 17.6. The number of nitrogens with one attached hydrogen (secondary N) is 2. The van der Waals surface area contributed by atoms with Gasteiger partial charge in [0.2, 0.25) is 0 Å². The highest BCUT2D eigenvalue weighted by Gasteiger charge is 2.28. The number of likely N-dealkylation sites (tertiary alicyclic amines) is 1. The maximum atomic E-state index is 13.0. The van der Waals surface area contributed by atoms with Crippen molar-refractivity contribution in [3.05, 3.63) is 46.4 Å². The van der Waals surface area contributed by atoms with Crippen molar-refractivity contribution in [2.45, 2.75) is 32.7 Å². The summed E-state index contributed by atoms with van der Waals surface area (Å²) in [6.07, 6.45) is 3.46. The molecule has 2 atom stereocenters. The van der Waals surface area contributed by atoms with Gasteiger partial charge in [-0.05, 0) is 37.8 Å². The van der Waals surface area contributed by atoms with E-state index in [2.05, 4.69) is 27.2 Å². The van der Waals surface area contributed by atoms with E-state index in [1.54, 1.807) is 10.6 Å². The standard InChI is InChI=1S/C22H29N5O3/c1-3-30-12-6-10-26-11-9-18(15(2)14-26)24-22(29)17-13-23-27-19-8-5-4-7-16(19)21(28)25-20(17)27/h4-5,7-8,13,15,18H,3,6,9-12,14H2,1-2H3,(H,24,29)(H,25,28). The molecule has 1 amide bonds. The van der Waals surface area contributed by atoms with Gasteiger partial charge in [-0.1, -0.05) is 19.1 Å². The largest absolute Gasteiger partial charge is 0.382 e. The van der Waals surface area contributed by atoms with Crippen LogP contribution in [-0.4, -0.2) is 64.3 Å². The molecule has 0 radical (unpaired) electrons. The second kappa shape index (κ2) is 8.97. The van der Waals surface area contributed by atoms with Crippen molar-refractivity contribution < 1.29 is 9.53 Å². The van der Waals surface area contributed by atoms with Crippen molar-refractivity contribution in [1.29, 1.82) is 0 Å². The fourth-order valence-electron chi connectivity index (χ4n) is 4.27. The minimum Gasteiger partial charge on any atom is -0.382 e. The molecule has 1 aromatic carbocycles. The van der Waals surface area contributed by atoms with Gasteiger partial charge in [-0.15, -0.1) is 0 Å². The fourth-order valence-corrected chi connectivity index (χ4v) is 4.27. The average molecular weight is 412 g/mol. The summed E-state index contributed by atoms with van der Waals surface area (Å²) in [7, 11) is 0. The quantitative estimate of drug-likeness (QED) is 0.581. The predicted octanol–water partition coefficient (Wildman–Crippen LogP) is 2.04. The van der Waals surface area contributed by atoms with E-state index in [4.69, 9.17) is 4.74 Å². The van der Waals surface area contributed by atoms with Crippen LogP contribution in [0, 0.1) is 5.92 Å². The van der Waals surface area contributed by atoms with Gasteiger partial charge in [-0.3, -0.25) is 9.59 Å². The fraction of sp³-hybridized carbons (Fsp3) is 0.500. The number of ether oxygens (including phenoxy) is 1. The highest BCUT2D eigenvalue weighted by molar-refractivity contribution is 6.00. The Balaban J connectivity index is 1.45. The Morgan fingerprint density at radius 3 is 3.00 bits per heavy atom. The molecule has 160 valence electrons. The van der Waals surface area contributed by atoms with Crippen LogP contribution in [-0.2, 0) is 4.74 Å². The summed E-state index contributed by atoms with van der Waals surface area (Å²) in [4.78, 5) is 30.7. The number of para-hydroxylation sites is 1. The molecule has 1 saturated heterocycles. The van der Waals surface area contributed by atoms with E-state index in [1.165, 1.54) is 6.20 Å². The Morgan fingerprint density at radius 2 is 2.20 bits per heavy atom. The molecule has 1 fully saturated rings. The molecule has 2 unspecified atom stereocenters. The van der Waals surface area contributed by atoms with Crippen LogP contribution in [0.25, 0.3) is 16.6 Å². The predicted molar refractivity (Wildman–Crippen MR) is 116 cm³/mol. The maximum absolute atomic E-state index is 13.0. The van der Waals surface area contributed by atoms with E-state index in [0.717, 1.165) is 45.7 Å². The number of nitrogens with zero attached hydrogens (tertiary/aromatic N) is 3. The summed E-state index contributed by atoms with van der Waals surface area (Å²) in [6, 6.07) is 7.34. The number of amides is 1. The van der Waals surface area contributed by atoms with E-state index in [-0.39, 0.29) is 17.5 Å². The first kappa shape index (κ1) is 20.6. The number of carbonyl (C=O) groups excluding carboxylic acids is 1. The van der Waals surface area contributed by atoms with Crippen molar-refractivity contribution in [1.82, 2.24) is 24.8 Å². The van der Waals surface area contributed by atoms with Crippen LogP contribution >= 0.6 is 0 Å². The summed E-state index contributed by atoms with van der Waals surface area (Å²) in [6.45, 7) is 8.67. The Morgan fingerprint density at radius 1 is 1.37 bits per heavy atom. The third-order valence-corrected chi connectivity index (χ3v) is 5.90. The lowest BCUT2D eigenvalue weighted by atomic mass is 9.93. The minimum absolute atomic E-state index is 0.0998. The highest BCUT2D eigenvalue weighted by atomic mass is 16.5. The second-order valence-corrected chi connectivity index (χ2v) is 7.99. The van der Waals surface area contributed by atoms with Gasteiger partial charge < -0.3 is 19.9 Å². The van der Waals surface area contributed by atoms with Crippen LogP contribution in [0.5, 0.6) is 0 Å². The van der Waals surface area contributed by atoms with Gasteiger partial charge in [0.15, 0.2) is 0 Å². The molecule has 0 aliphatic carbocycles. The SMILES string of the molecule is CCOCCCN1CCC(NC(=O)c2cnn3c2[nH]c(=O)c2ccccc23)C(C)C1. The van der Waals surface area contributed by atoms with Gasteiger partial charge in [-0.2, -0.15) is 5.10 Å². The molecule has 2 N–H and O–H groups in total. The lowest BCUT2D eigenvalue weighted by Gasteiger charge is -2.37. The Bertz CT molecular complexity index is 1090. The van der Waals surface area contributed by atoms with E-state index in [1.807, 2.05) is 25.1 Å². The van der Waals surface area contributed by atoms with Crippen molar-refractivity contribution in [2.24, 2.45) is 5.92 Å². The Kier molecular flexibility index (Phi) is 6.15. The van der Waals surface area contributed by atoms with Crippen molar-refractivity contribution in [3.63, 3.8) is 0 Å². The third-order valence-electron chi connectivity index (χ3n) is 5.90. The molecule has 30 heavy (non-hydrogen) atoms. The van der Waals surface area contributed by atoms with Crippen LogP contribution in [0.3, 0.4) is 0 Å². The smallest absolute Gasteiger partial charge is 0.259 e. The van der Waals surface area contributed by atoms with Gasteiger partial charge in [0.25, 0.3) is 11.5 Å². The summed E-state index contributed by atoms with van der Waals surface area (Å²) < 4.78 is 7.04. The van der Waals surface area contributed by atoms with Gasteiger partial charge in [0.05, 0.1) is 17.1 Å². The minimum atomic E-state index is -0.221. The molecule has 8 nitrogen and oxygen atoms in total. The molecule has 0 saturated carbocycles. The van der Waals surface area contributed by atoms with E-state index >= 15 is 0 Å². The first-order chi connectivity index (χ1) is 14.6. The molecular formula is C22H29N5O3. The normalized spacial score (nSPS) is 20.1. The van der Waals surface area contributed by atoms with Gasteiger partial charge in [0, 0.05) is 38.9 Å². The topological polar surface area (TPSA) is 91.7 Å². The van der Waals surface area contributed by atoms with Gasteiger partial charge in [-0.25, -0.2) is 4.52 Å². The van der Waals surface area contributed by atoms with Crippen LogP contribution in [0.2, 0.25) is 0 Å². The number of aromatic amines is 1. The number of fused-ring (bicyclic) bond motifs is 3. The van der Waals surface area contributed by atoms with Crippen molar-refractivity contribution in [2.75, 3.05) is 32.8 Å². The third kappa shape index (κ3) is 4.11. The second-order valence-electron chi connectivity index (χ2n) is 7.99. The monoisotopic (exact) mass is 411 g/mol. The lowest BCUT2D eigenvalue weighted by Crippen LogP contribution is -2.50. The van der Waals surface area contributed by atoms with Crippen molar-refractivity contribution >= 4 is 22.5 Å². The van der Waals surface area contributed by atoms with Crippen molar-refractivity contribution in [3.8, 4) is 0 Å². The van der Waals surface area contributed by atoms with Crippen LogP contribution in [0.15, 0.2) is 35.3 Å². The zero-order valence-electron chi connectivity index (χ0n) is 17.6. The van der Waals surface area contributed by atoms with E-state index < -0.39 is 0 Å². The number of carbonyl (C=O) groups is 1. The molecule has 0 spiro atoms. The highest BCUT2D eigenvalue weighted by Crippen LogP contribution is 2.19. The maximum Gasteiger partial charge on any atom is 0.259 e. The zero-order chi connectivity index (χ0) is 21.1. The van der Waals surface area contributed by atoms with Gasteiger partial charge in [0.1, 0.15) is 11.2 Å². The Labute approximate surface area is 175 Å². The average Bonchev–Trinajstić information content (AvgIpc) is 3.17. The molecule has 1 aliphatic rings. The first-order valence-electron chi connectivity index (χ1n) is 10.7. The molecule has 3 aromatic rings. The lowest BCUT2D eigenvalue weighted by molar-refractivity contribution is 0.0845. The molecule has 0 bridgehead atoms. The Hall–Kier alpha value is -2.71. The number of hydrogen-bond donors (Lipinski definition) is 2. The van der Waals surface area contributed by atoms with Crippen LogP contribution in [0.4, 0.5) is 0 Å².